The number of urea groups is 1. The number of likely N-dealkylation sites (tertiary alicyclic amines) is 1. The first-order valence-corrected chi connectivity index (χ1v) is 10.3. The molecule has 0 atom stereocenters. The second-order valence-corrected chi connectivity index (χ2v) is 7.91. The molecular weight excluding hydrogens is 362 g/mol. The number of hydrogen-bond donors (Lipinski definition) is 2. The van der Waals surface area contributed by atoms with Crippen LogP contribution in [0.4, 0.5) is 4.79 Å². The number of amides is 2. The van der Waals surface area contributed by atoms with E-state index in [2.05, 4.69) is 46.8 Å². The number of aryl methyl sites for hydroxylation is 1. The lowest BCUT2D eigenvalue weighted by Gasteiger charge is -2.41. The van der Waals surface area contributed by atoms with Crippen LogP contribution in [0.2, 0.25) is 0 Å². The lowest BCUT2D eigenvalue weighted by molar-refractivity contribution is 0.159. The highest BCUT2D eigenvalue weighted by Gasteiger charge is 2.36. The summed E-state index contributed by atoms with van der Waals surface area (Å²) in [5, 5.41) is 8.82. The highest BCUT2D eigenvalue weighted by atomic mass is 16.2. The summed E-state index contributed by atoms with van der Waals surface area (Å²) in [6, 6.07) is 18.7. The predicted molar refractivity (Wildman–Crippen MR) is 116 cm³/mol. The molecule has 1 aliphatic heterocycles. The van der Waals surface area contributed by atoms with Crippen molar-refractivity contribution in [3.05, 3.63) is 65.9 Å². The molecule has 0 saturated carbocycles. The molecule has 2 aromatic carbocycles. The van der Waals surface area contributed by atoms with Crippen LogP contribution in [-0.2, 0) is 18.9 Å². The number of para-hydroxylation sites is 1. The number of piperidine rings is 1. The number of fused-ring (bicyclic) bond motifs is 1. The third-order valence-electron chi connectivity index (χ3n) is 6.26. The molecule has 0 spiro atoms. The maximum Gasteiger partial charge on any atom is 0.317 e. The Morgan fingerprint density at radius 1 is 1.10 bits per heavy atom. The molecule has 1 aromatic heterocycles. The Kier molecular flexibility index (Phi) is 5.53. The topological polar surface area (TPSA) is 76.2 Å². The van der Waals surface area contributed by atoms with Gasteiger partial charge in [-0.3, -0.25) is 4.68 Å². The van der Waals surface area contributed by atoms with Crippen LogP contribution in [0.1, 0.15) is 24.1 Å². The summed E-state index contributed by atoms with van der Waals surface area (Å²) in [6.07, 6.45) is 2.51. The van der Waals surface area contributed by atoms with E-state index in [-0.39, 0.29) is 11.4 Å². The normalized spacial score (nSPS) is 16.1. The summed E-state index contributed by atoms with van der Waals surface area (Å²) >= 11 is 0. The number of hydrogen-bond acceptors (Lipinski definition) is 3. The third-order valence-corrected chi connectivity index (χ3v) is 6.26. The second kappa shape index (κ2) is 8.25. The van der Waals surface area contributed by atoms with Gasteiger partial charge in [-0.15, -0.1) is 0 Å². The van der Waals surface area contributed by atoms with E-state index in [0.29, 0.717) is 13.1 Å². The largest absolute Gasteiger partial charge is 0.338 e. The molecule has 6 heteroatoms. The average Bonchev–Trinajstić information content (AvgIpc) is 3.10. The Morgan fingerprint density at radius 2 is 1.79 bits per heavy atom. The van der Waals surface area contributed by atoms with E-state index in [1.54, 1.807) is 0 Å². The van der Waals surface area contributed by atoms with Crippen molar-refractivity contribution in [2.24, 2.45) is 12.8 Å². The van der Waals surface area contributed by atoms with Crippen molar-refractivity contribution in [2.75, 3.05) is 26.2 Å². The predicted octanol–water partition coefficient (Wildman–Crippen LogP) is 2.82. The molecular formula is C23H29N5O. The minimum absolute atomic E-state index is 0.00363. The molecule has 3 aromatic rings. The van der Waals surface area contributed by atoms with Crippen molar-refractivity contribution in [2.45, 2.75) is 24.7 Å². The summed E-state index contributed by atoms with van der Waals surface area (Å²) in [5.41, 5.74) is 9.55. The summed E-state index contributed by atoms with van der Waals surface area (Å²) in [6.45, 7) is 2.64. The van der Waals surface area contributed by atoms with E-state index in [4.69, 9.17) is 5.73 Å². The molecule has 0 aliphatic carbocycles. The summed E-state index contributed by atoms with van der Waals surface area (Å²) in [4.78, 5) is 14.6. The standard InChI is InChI=1S/C23H29N5O/c1-27-21-10-6-5-9-19(21)20(26-27)11-14-25-22(29)28-15-12-23(17-24,13-16-28)18-7-3-2-4-8-18/h2-10H,11-17,24H2,1H3,(H,25,29). The molecule has 0 radical (unpaired) electrons. The van der Waals surface area contributed by atoms with Crippen molar-refractivity contribution in [1.29, 1.82) is 0 Å². The van der Waals surface area contributed by atoms with Crippen LogP contribution in [0, 0.1) is 0 Å². The highest BCUT2D eigenvalue weighted by molar-refractivity contribution is 5.82. The van der Waals surface area contributed by atoms with E-state index in [9.17, 15) is 4.79 Å². The molecule has 1 saturated heterocycles. The van der Waals surface area contributed by atoms with E-state index in [1.807, 2.05) is 34.8 Å². The van der Waals surface area contributed by atoms with Crippen LogP contribution < -0.4 is 11.1 Å². The van der Waals surface area contributed by atoms with Gasteiger partial charge in [-0.1, -0.05) is 48.5 Å². The molecule has 29 heavy (non-hydrogen) atoms. The maximum atomic E-state index is 12.7. The fourth-order valence-electron chi connectivity index (χ4n) is 4.41. The Hall–Kier alpha value is -2.86. The van der Waals surface area contributed by atoms with Crippen LogP contribution in [0.15, 0.2) is 54.6 Å². The van der Waals surface area contributed by atoms with Crippen molar-refractivity contribution < 1.29 is 4.79 Å². The van der Waals surface area contributed by atoms with Crippen molar-refractivity contribution in [3.8, 4) is 0 Å². The maximum absolute atomic E-state index is 12.7. The molecule has 1 aliphatic rings. The SMILES string of the molecule is Cn1nc(CCNC(=O)N2CCC(CN)(c3ccccc3)CC2)c2ccccc21. The number of carbonyl (C=O) groups is 1. The van der Waals surface area contributed by atoms with Gasteiger partial charge in [0.1, 0.15) is 0 Å². The second-order valence-electron chi connectivity index (χ2n) is 7.91. The Labute approximate surface area is 171 Å². The fraction of sp³-hybridized carbons (Fsp3) is 0.391. The van der Waals surface area contributed by atoms with E-state index in [0.717, 1.165) is 48.9 Å². The Balaban J connectivity index is 1.32. The van der Waals surface area contributed by atoms with Gasteiger partial charge in [0.15, 0.2) is 0 Å². The zero-order valence-corrected chi connectivity index (χ0v) is 17.0. The number of rotatable bonds is 5. The summed E-state index contributed by atoms with van der Waals surface area (Å²) < 4.78 is 1.90. The lowest BCUT2D eigenvalue weighted by atomic mass is 9.73. The van der Waals surface area contributed by atoms with Gasteiger partial charge in [0.25, 0.3) is 0 Å². The number of carbonyl (C=O) groups excluding carboxylic acids is 1. The molecule has 152 valence electrons. The minimum atomic E-state index is -0.0229. The van der Waals surface area contributed by atoms with Crippen molar-refractivity contribution >= 4 is 16.9 Å². The van der Waals surface area contributed by atoms with Crippen LogP contribution in [0.3, 0.4) is 0 Å². The first kappa shape index (κ1) is 19.5. The van der Waals surface area contributed by atoms with E-state index >= 15 is 0 Å². The minimum Gasteiger partial charge on any atom is -0.338 e. The Bertz CT molecular complexity index is 973. The van der Waals surface area contributed by atoms with Gasteiger partial charge in [0, 0.05) is 50.4 Å². The summed E-state index contributed by atoms with van der Waals surface area (Å²) in [5.74, 6) is 0. The van der Waals surface area contributed by atoms with Crippen LogP contribution in [0.5, 0.6) is 0 Å². The molecule has 6 nitrogen and oxygen atoms in total. The first-order valence-electron chi connectivity index (χ1n) is 10.3. The third kappa shape index (κ3) is 3.85. The van der Waals surface area contributed by atoms with Gasteiger partial charge in [-0.05, 0) is 24.5 Å². The fourth-order valence-corrected chi connectivity index (χ4v) is 4.41. The van der Waals surface area contributed by atoms with Gasteiger partial charge in [-0.2, -0.15) is 5.10 Å². The van der Waals surface area contributed by atoms with Crippen LogP contribution in [-0.4, -0.2) is 46.9 Å². The number of benzene rings is 2. The summed E-state index contributed by atoms with van der Waals surface area (Å²) in [7, 11) is 1.95. The number of aromatic nitrogens is 2. The van der Waals surface area contributed by atoms with Crippen LogP contribution >= 0.6 is 0 Å². The first-order chi connectivity index (χ1) is 14.1. The zero-order valence-electron chi connectivity index (χ0n) is 17.0. The number of nitrogens with one attached hydrogen (secondary N) is 1. The van der Waals surface area contributed by atoms with E-state index < -0.39 is 0 Å². The molecule has 0 bridgehead atoms. The average molecular weight is 392 g/mol. The molecule has 1 fully saturated rings. The zero-order chi connectivity index (χ0) is 20.3. The van der Waals surface area contributed by atoms with E-state index in [1.165, 1.54) is 5.56 Å². The van der Waals surface area contributed by atoms with Crippen LogP contribution in [0.25, 0.3) is 10.9 Å². The quantitative estimate of drug-likeness (QED) is 0.702. The molecule has 4 rings (SSSR count). The number of nitrogens with two attached hydrogens (primary N) is 1. The van der Waals surface area contributed by atoms with Gasteiger partial charge in [0.05, 0.1) is 11.2 Å². The van der Waals surface area contributed by atoms with Gasteiger partial charge in [0.2, 0.25) is 0 Å². The highest BCUT2D eigenvalue weighted by Crippen LogP contribution is 2.34. The van der Waals surface area contributed by atoms with Gasteiger partial charge < -0.3 is 16.0 Å². The smallest absolute Gasteiger partial charge is 0.317 e. The monoisotopic (exact) mass is 391 g/mol. The van der Waals surface area contributed by atoms with Gasteiger partial charge >= 0.3 is 6.03 Å². The van der Waals surface area contributed by atoms with Gasteiger partial charge in [-0.25, -0.2) is 4.79 Å². The van der Waals surface area contributed by atoms with Crippen molar-refractivity contribution in [3.63, 3.8) is 0 Å². The molecule has 2 heterocycles. The molecule has 3 N–H and O–H groups in total. The Morgan fingerprint density at radius 3 is 2.52 bits per heavy atom. The van der Waals surface area contributed by atoms with Crippen molar-refractivity contribution in [1.82, 2.24) is 20.0 Å². The number of nitrogens with zero attached hydrogens (tertiary/aromatic N) is 3. The lowest BCUT2D eigenvalue weighted by Crippen LogP contribution is -2.51. The molecule has 2 amide bonds. The molecule has 0 unspecified atom stereocenters.